The van der Waals surface area contributed by atoms with Gasteiger partial charge in [0.1, 0.15) is 5.60 Å². The molecular formula is C14H16O4. The van der Waals surface area contributed by atoms with E-state index < -0.39 is 17.5 Å². The van der Waals surface area contributed by atoms with Crippen LogP contribution >= 0.6 is 0 Å². The molecule has 2 rings (SSSR count). The second-order valence-corrected chi connectivity index (χ2v) is 4.90. The van der Waals surface area contributed by atoms with Crippen molar-refractivity contribution in [1.82, 2.24) is 0 Å². The average Bonchev–Trinajstić information content (AvgIpc) is 2.75. The molecule has 0 bridgehead atoms. The fourth-order valence-corrected chi connectivity index (χ4v) is 2.35. The molecule has 4 heteroatoms. The van der Waals surface area contributed by atoms with Gasteiger partial charge in [-0.05, 0) is 44.7 Å². The summed E-state index contributed by atoms with van der Waals surface area (Å²) in [5.74, 6) is -1.66. The van der Waals surface area contributed by atoms with Gasteiger partial charge >= 0.3 is 11.9 Å². The van der Waals surface area contributed by atoms with Crippen LogP contribution in [0.25, 0.3) is 0 Å². The first-order valence-corrected chi connectivity index (χ1v) is 6.07. The van der Waals surface area contributed by atoms with E-state index in [0.717, 1.165) is 25.7 Å². The molecule has 4 nitrogen and oxygen atoms in total. The second kappa shape index (κ2) is 4.80. The molecule has 0 heterocycles. The molecule has 1 aromatic rings. The Kier molecular flexibility index (Phi) is 3.36. The van der Waals surface area contributed by atoms with Gasteiger partial charge < -0.3 is 9.84 Å². The zero-order valence-corrected chi connectivity index (χ0v) is 10.3. The number of rotatable bonds is 3. The van der Waals surface area contributed by atoms with Crippen molar-refractivity contribution in [3.63, 3.8) is 0 Å². The number of benzene rings is 1. The van der Waals surface area contributed by atoms with E-state index in [1.165, 1.54) is 12.1 Å². The summed E-state index contributed by atoms with van der Waals surface area (Å²) in [6.07, 6.45) is 3.77. The van der Waals surface area contributed by atoms with Crippen LogP contribution in [0.2, 0.25) is 0 Å². The van der Waals surface area contributed by atoms with Crippen LogP contribution in [0.15, 0.2) is 24.3 Å². The van der Waals surface area contributed by atoms with E-state index in [2.05, 4.69) is 0 Å². The van der Waals surface area contributed by atoms with E-state index in [0.29, 0.717) is 0 Å². The molecule has 1 aliphatic rings. The smallest absolute Gasteiger partial charge is 0.339 e. The highest BCUT2D eigenvalue weighted by Crippen LogP contribution is 2.33. The lowest BCUT2D eigenvalue weighted by atomic mass is 10.0. The quantitative estimate of drug-likeness (QED) is 0.835. The number of hydrogen-bond donors (Lipinski definition) is 1. The number of carbonyl (C=O) groups excluding carboxylic acids is 1. The first-order valence-electron chi connectivity index (χ1n) is 6.07. The van der Waals surface area contributed by atoms with Gasteiger partial charge in [-0.15, -0.1) is 0 Å². The lowest BCUT2D eigenvalue weighted by Gasteiger charge is -2.24. The average molecular weight is 248 g/mol. The molecular weight excluding hydrogens is 232 g/mol. The number of carboxylic acid groups (broad SMARTS) is 1. The Morgan fingerprint density at radius 1 is 1.17 bits per heavy atom. The highest BCUT2D eigenvalue weighted by Gasteiger charge is 2.33. The SMILES string of the molecule is CC1(OC(=O)c2ccccc2C(=O)O)CCCC1. The molecule has 1 aromatic carbocycles. The minimum Gasteiger partial charge on any atom is -0.478 e. The Morgan fingerprint density at radius 2 is 1.72 bits per heavy atom. The highest BCUT2D eigenvalue weighted by molar-refractivity contribution is 6.02. The van der Waals surface area contributed by atoms with Gasteiger partial charge in [0.25, 0.3) is 0 Å². The molecule has 1 N–H and O–H groups in total. The Morgan fingerprint density at radius 3 is 2.28 bits per heavy atom. The van der Waals surface area contributed by atoms with Gasteiger partial charge in [0.05, 0.1) is 11.1 Å². The number of carbonyl (C=O) groups is 2. The standard InChI is InChI=1S/C14H16O4/c1-14(8-4-5-9-14)18-13(17)11-7-3-2-6-10(11)12(15)16/h2-3,6-7H,4-5,8-9H2,1H3,(H,15,16). The van der Waals surface area contributed by atoms with Crippen molar-refractivity contribution in [2.75, 3.05) is 0 Å². The van der Waals surface area contributed by atoms with Gasteiger partial charge in [-0.2, -0.15) is 0 Å². The van der Waals surface area contributed by atoms with Gasteiger partial charge in [-0.3, -0.25) is 0 Å². The lowest BCUT2D eigenvalue weighted by Crippen LogP contribution is -2.28. The fourth-order valence-electron chi connectivity index (χ4n) is 2.35. The number of ether oxygens (including phenoxy) is 1. The summed E-state index contributed by atoms with van der Waals surface area (Å²) in [5, 5.41) is 9.03. The number of esters is 1. The van der Waals surface area contributed by atoms with E-state index in [-0.39, 0.29) is 11.1 Å². The lowest BCUT2D eigenvalue weighted by molar-refractivity contribution is -0.00637. The van der Waals surface area contributed by atoms with Gasteiger partial charge in [-0.1, -0.05) is 12.1 Å². The number of aromatic carboxylic acids is 1. The number of hydrogen-bond acceptors (Lipinski definition) is 3. The van der Waals surface area contributed by atoms with Gasteiger partial charge in [-0.25, -0.2) is 9.59 Å². The summed E-state index contributed by atoms with van der Waals surface area (Å²) in [6.45, 7) is 1.90. The molecule has 0 atom stereocenters. The van der Waals surface area contributed by atoms with E-state index >= 15 is 0 Å². The van der Waals surface area contributed by atoms with Crippen molar-refractivity contribution >= 4 is 11.9 Å². The molecule has 0 unspecified atom stereocenters. The Balaban J connectivity index is 2.21. The molecule has 96 valence electrons. The fraction of sp³-hybridized carbons (Fsp3) is 0.429. The summed E-state index contributed by atoms with van der Waals surface area (Å²) in [7, 11) is 0. The molecule has 18 heavy (non-hydrogen) atoms. The Hall–Kier alpha value is -1.84. The summed E-state index contributed by atoms with van der Waals surface area (Å²) in [5.41, 5.74) is -0.329. The first-order chi connectivity index (χ1) is 8.52. The maximum absolute atomic E-state index is 12.0. The van der Waals surface area contributed by atoms with Crippen molar-refractivity contribution in [2.24, 2.45) is 0 Å². The van der Waals surface area contributed by atoms with Gasteiger partial charge in [0.2, 0.25) is 0 Å². The van der Waals surface area contributed by atoms with Crippen LogP contribution in [0.4, 0.5) is 0 Å². The third-order valence-corrected chi connectivity index (χ3v) is 3.38. The van der Waals surface area contributed by atoms with E-state index in [1.807, 2.05) is 6.92 Å². The minimum atomic E-state index is -1.11. The molecule has 0 aliphatic heterocycles. The van der Waals surface area contributed by atoms with E-state index in [9.17, 15) is 9.59 Å². The minimum absolute atomic E-state index is 0.0101. The van der Waals surface area contributed by atoms with Crippen LogP contribution in [0, 0.1) is 0 Å². The third-order valence-electron chi connectivity index (χ3n) is 3.38. The second-order valence-electron chi connectivity index (χ2n) is 4.90. The summed E-state index contributed by atoms with van der Waals surface area (Å²) in [4.78, 5) is 23.1. The molecule has 0 radical (unpaired) electrons. The van der Waals surface area contributed by atoms with Crippen LogP contribution in [0.5, 0.6) is 0 Å². The third kappa shape index (κ3) is 2.53. The normalized spacial score (nSPS) is 17.4. The predicted octanol–water partition coefficient (Wildman–Crippen LogP) is 2.87. The molecule has 0 spiro atoms. The summed E-state index contributed by atoms with van der Waals surface area (Å²) < 4.78 is 5.47. The van der Waals surface area contributed by atoms with Crippen molar-refractivity contribution < 1.29 is 19.4 Å². The maximum atomic E-state index is 12.0. The zero-order chi connectivity index (χ0) is 13.2. The molecule has 1 aliphatic carbocycles. The largest absolute Gasteiger partial charge is 0.478 e. The van der Waals surface area contributed by atoms with Crippen LogP contribution < -0.4 is 0 Å². The Bertz CT molecular complexity index is 472. The summed E-state index contributed by atoms with van der Waals surface area (Å²) >= 11 is 0. The molecule has 0 amide bonds. The van der Waals surface area contributed by atoms with Crippen molar-refractivity contribution in [3.8, 4) is 0 Å². The zero-order valence-electron chi connectivity index (χ0n) is 10.3. The molecule has 0 aromatic heterocycles. The molecule has 1 saturated carbocycles. The molecule has 0 saturated heterocycles. The first kappa shape index (κ1) is 12.6. The summed E-state index contributed by atoms with van der Waals surface area (Å²) in [6, 6.07) is 6.14. The highest BCUT2D eigenvalue weighted by atomic mass is 16.6. The topological polar surface area (TPSA) is 63.6 Å². The van der Waals surface area contributed by atoms with E-state index in [1.54, 1.807) is 12.1 Å². The van der Waals surface area contributed by atoms with E-state index in [4.69, 9.17) is 9.84 Å². The van der Waals surface area contributed by atoms with Crippen molar-refractivity contribution in [1.29, 1.82) is 0 Å². The van der Waals surface area contributed by atoms with Crippen molar-refractivity contribution in [2.45, 2.75) is 38.2 Å². The predicted molar refractivity (Wildman–Crippen MR) is 65.7 cm³/mol. The van der Waals surface area contributed by atoms with Crippen LogP contribution in [0.1, 0.15) is 53.3 Å². The Labute approximate surface area is 106 Å². The maximum Gasteiger partial charge on any atom is 0.339 e. The monoisotopic (exact) mass is 248 g/mol. The molecule has 1 fully saturated rings. The van der Waals surface area contributed by atoms with Gasteiger partial charge in [0, 0.05) is 0 Å². The van der Waals surface area contributed by atoms with Crippen LogP contribution in [-0.2, 0) is 4.74 Å². The van der Waals surface area contributed by atoms with Gasteiger partial charge in [0.15, 0.2) is 0 Å². The van der Waals surface area contributed by atoms with Crippen LogP contribution in [-0.4, -0.2) is 22.6 Å². The number of carboxylic acids is 1. The van der Waals surface area contributed by atoms with Crippen molar-refractivity contribution in [3.05, 3.63) is 35.4 Å². The van der Waals surface area contributed by atoms with Crippen LogP contribution in [0.3, 0.4) is 0 Å².